The predicted molar refractivity (Wildman–Crippen MR) is 69.1 cm³/mol. The van der Waals surface area contributed by atoms with Crippen molar-refractivity contribution in [2.24, 2.45) is 0 Å². The first-order chi connectivity index (χ1) is 8.34. The fourth-order valence-corrected chi connectivity index (χ4v) is 4.08. The Bertz CT molecular complexity index is 595. The highest BCUT2D eigenvalue weighted by Gasteiger charge is 2.35. The zero-order valence-corrected chi connectivity index (χ0v) is 12.0. The molecule has 1 aliphatic carbocycles. The van der Waals surface area contributed by atoms with Crippen molar-refractivity contribution in [3.63, 3.8) is 0 Å². The highest BCUT2D eigenvalue weighted by atomic mass is 79.9. The van der Waals surface area contributed by atoms with Gasteiger partial charge >= 0.3 is 5.97 Å². The van der Waals surface area contributed by atoms with Gasteiger partial charge in [-0.2, -0.15) is 4.31 Å². The fourth-order valence-electron chi connectivity index (χ4n) is 1.63. The maximum Gasteiger partial charge on any atom is 0.335 e. The van der Waals surface area contributed by atoms with Gasteiger partial charge in [0.05, 0.1) is 10.5 Å². The highest BCUT2D eigenvalue weighted by Crippen LogP contribution is 2.33. The first kappa shape index (κ1) is 13.5. The topological polar surface area (TPSA) is 74.7 Å². The summed E-state index contributed by atoms with van der Waals surface area (Å²) in [5.41, 5.74) is 0.0508. The number of hydrogen-bond acceptors (Lipinski definition) is 3. The van der Waals surface area contributed by atoms with Crippen molar-refractivity contribution in [3.05, 3.63) is 28.2 Å². The third-order valence-electron chi connectivity index (χ3n) is 2.90. The molecule has 0 amide bonds. The molecule has 1 saturated carbocycles. The van der Waals surface area contributed by atoms with Gasteiger partial charge in [-0.05, 0) is 47.0 Å². The smallest absolute Gasteiger partial charge is 0.335 e. The van der Waals surface area contributed by atoms with Gasteiger partial charge in [0, 0.05) is 17.6 Å². The minimum absolute atomic E-state index is 0.0508. The molecular formula is C11H12BrNO4S. The molecule has 1 aliphatic rings. The molecule has 1 fully saturated rings. The van der Waals surface area contributed by atoms with Crippen molar-refractivity contribution < 1.29 is 18.3 Å². The second-order valence-corrected chi connectivity index (χ2v) is 7.02. The van der Waals surface area contributed by atoms with Crippen LogP contribution in [0, 0.1) is 0 Å². The lowest BCUT2D eigenvalue weighted by atomic mass is 10.2. The van der Waals surface area contributed by atoms with E-state index in [9.17, 15) is 13.2 Å². The molecule has 0 heterocycles. The number of nitrogens with zero attached hydrogens (tertiary/aromatic N) is 1. The minimum atomic E-state index is -3.56. The van der Waals surface area contributed by atoms with Crippen LogP contribution >= 0.6 is 15.9 Å². The van der Waals surface area contributed by atoms with Gasteiger partial charge in [-0.3, -0.25) is 0 Å². The van der Waals surface area contributed by atoms with Crippen molar-refractivity contribution in [2.45, 2.75) is 23.8 Å². The van der Waals surface area contributed by atoms with Gasteiger partial charge in [-0.15, -0.1) is 0 Å². The number of carboxylic acid groups (broad SMARTS) is 1. The summed E-state index contributed by atoms with van der Waals surface area (Å²) in [5.74, 6) is -1.09. The van der Waals surface area contributed by atoms with Gasteiger partial charge in [-0.1, -0.05) is 0 Å². The number of halogens is 1. The number of hydrogen-bond donors (Lipinski definition) is 1. The van der Waals surface area contributed by atoms with Gasteiger partial charge in [0.1, 0.15) is 0 Å². The Hall–Kier alpha value is -0.920. The fraction of sp³-hybridized carbons (Fsp3) is 0.364. The molecule has 1 N–H and O–H groups in total. The van der Waals surface area contributed by atoms with Gasteiger partial charge in [-0.25, -0.2) is 13.2 Å². The summed E-state index contributed by atoms with van der Waals surface area (Å²) < 4.78 is 26.1. The summed E-state index contributed by atoms with van der Waals surface area (Å²) in [6.07, 6.45) is 1.75. The number of rotatable bonds is 4. The Balaban J connectivity index is 2.41. The number of sulfonamides is 1. The van der Waals surface area contributed by atoms with E-state index in [1.54, 1.807) is 7.05 Å². The van der Waals surface area contributed by atoms with E-state index >= 15 is 0 Å². The molecule has 1 aromatic rings. The van der Waals surface area contributed by atoms with Crippen LogP contribution in [0.15, 0.2) is 27.6 Å². The first-order valence-corrected chi connectivity index (χ1v) is 7.58. The van der Waals surface area contributed by atoms with E-state index in [2.05, 4.69) is 15.9 Å². The number of aromatic carboxylic acids is 1. The molecule has 18 heavy (non-hydrogen) atoms. The van der Waals surface area contributed by atoms with Crippen molar-refractivity contribution in [2.75, 3.05) is 7.05 Å². The Kier molecular flexibility index (Phi) is 3.48. The molecule has 0 aromatic heterocycles. The summed E-state index contributed by atoms with van der Waals surface area (Å²) in [4.78, 5) is 10.9. The molecule has 1 aromatic carbocycles. The van der Waals surface area contributed by atoms with Crippen molar-refractivity contribution in [1.29, 1.82) is 0 Å². The molecular weight excluding hydrogens is 322 g/mol. The Morgan fingerprint density at radius 1 is 1.44 bits per heavy atom. The van der Waals surface area contributed by atoms with Crippen LogP contribution in [-0.2, 0) is 10.0 Å². The zero-order valence-electron chi connectivity index (χ0n) is 9.63. The Morgan fingerprint density at radius 3 is 2.50 bits per heavy atom. The maximum absolute atomic E-state index is 12.3. The lowest BCUT2D eigenvalue weighted by molar-refractivity contribution is 0.0696. The highest BCUT2D eigenvalue weighted by molar-refractivity contribution is 9.10. The van der Waals surface area contributed by atoms with Crippen LogP contribution in [0.2, 0.25) is 0 Å². The molecule has 5 nitrogen and oxygen atoms in total. The zero-order chi connectivity index (χ0) is 13.5. The molecule has 0 aliphatic heterocycles. The number of carbonyl (C=O) groups is 1. The van der Waals surface area contributed by atoms with Crippen molar-refractivity contribution >= 4 is 31.9 Å². The molecule has 0 saturated heterocycles. The van der Waals surface area contributed by atoms with Crippen LogP contribution in [0.1, 0.15) is 23.2 Å². The summed E-state index contributed by atoms with van der Waals surface area (Å²) in [6.45, 7) is 0. The molecule has 0 spiro atoms. The van der Waals surface area contributed by atoms with Gasteiger partial charge in [0.2, 0.25) is 10.0 Å². The standard InChI is InChI=1S/C11H12BrNO4S/c1-13(8-3-4-8)18(16,17)10-5-2-7(11(14)15)6-9(10)12/h2,5-6,8H,3-4H2,1H3,(H,14,15). The second-order valence-electron chi connectivity index (χ2n) is 4.20. The van der Waals surface area contributed by atoms with Crippen LogP contribution in [0.5, 0.6) is 0 Å². The van der Waals surface area contributed by atoms with E-state index < -0.39 is 16.0 Å². The summed E-state index contributed by atoms with van der Waals surface area (Å²) in [7, 11) is -2.01. The predicted octanol–water partition coefficient (Wildman–Crippen LogP) is 1.93. The van der Waals surface area contributed by atoms with E-state index in [4.69, 9.17) is 5.11 Å². The summed E-state index contributed by atoms with van der Waals surface area (Å²) >= 11 is 3.12. The summed E-state index contributed by atoms with van der Waals surface area (Å²) in [5, 5.41) is 8.83. The number of carboxylic acids is 1. The van der Waals surface area contributed by atoms with E-state index in [0.29, 0.717) is 0 Å². The van der Waals surface area contributed by atoms with Crippen LogP contribution in [-0.4, -0.2) is 36.9 Å². The summed E-state index contributed by atoms with van der Waals surface area (Å²) in [6, 6.07) is 3.99. The monoisotopic (exact) mass is 333 g/mol. The van der Waals surface area contributed by atoms with Gasteiger partial charge in [0.15, 0.2) is 0 Å². The SMILES string of the molecule is CN(C1CC1)S(=O)(=O)c1ccc(C(=O)O)cc1Br. The van der Waals surface area contributed by atoms with Crippen LogP contribution in [0.25, 0.3) is 0 Å². The quantitative estimate of drug-likeness (QED) is 0.913. The average molecular weight is 334 g/mol. The Morgan fingerprint density at radius 2 is 2.06 bits per heavy atom. The van der Waals surface area contributed by atoms with Crippen molar-refractivity contribution in [3.8, 4) is 0 Å². The van der Waals surface area contributed by atoms with Crippen LogP contribution < -0.4 is 0 Å². The van der Waals surface area contributed by atoms with Crippen molar-refractivity contribution in [1.82, 2.24) is 4.31 Å². The number of benzene rings is 1. The first-order valence-electron chi connectivity index (χ1n) is 5.35. The normalized spacial score (nSPS) is 15.9. The molecule has 7 heteroatoms. The molecule has 0 atom stereocenters. The van der Waals surface area contributed by atoms with Crippen LogP contribution in [0.4, 0.5) is 0 Å². The second kappa shape index (κ2) is 4.64. The Labute approximate surface area is 114 Å². The van der Waals surface area contributed by atoms with E-state index in [1.807, 2.05) is 0 Å². The average Bonchev–Trinajstić information content (AvgIpc) is 3.11. The lowest BCUT2D eigenvalue weighted by Crippen LogP contribution is -2.29. The third-order valence-corrected chi connectivity index (χ3v) is 5.78. The van der Waals surface area contributed by atoms with E-state index in [0.717, 1.165) is 12.8 Å². The molecule has 98 valence electrons. The van der Waals surface area contributed by atoms with Gasteiger partial charge < -0.3 is 5.11 Å². The molecule has 0 bridgehead atoms. The largest absolute Gasteiger partial charge is 0.478 e. The van der Waals surface area contributed by atoms with Crippen LogP contribution in [0.3, 0.4) is 0 Å². The van der Waals surface area contributed by atoms with Gasteiger partial charge in [0.25, 0.3) is 0 Å². The van der Waals surface area contributed by atoms with E-state index in [1.165, 1.54) is 22.5 Å². The lowest BCUT2D eigenvalue weighted by Gasteiger charge is -2.17. The van der Waals surface area contributed by atoms with E-state index in [-0.39, 0.29) is 21.0 Å². The third kappa shape index (κ3) is 2.43. The molecule has 2 rings (SSSR count). The molecule has 0 unspecified atom stereocenters. The maximum atomic E-state index is 12.3. The molecule has 0 radical (unpaired) electrons. The minimum Gasteiger partial charge on any atom is -0.478 e.